The van der Waals surface area contributed by atoms with Crippen LogP contribution in [0.25, 0.3) is 33.6 Å². The molecule has 3 N–H and O–H groups in total. The van der Waals surface area contributed by atoms with Crippen molar-refractivity contribution in [3.63, 3.8) is 0 Å². The van der Waals surface area contributed by atoms with E-state index in [2.05, 4.69) is 26.7 Å². The molecular formula is C26H28N6O2. The fourth-order valence-electron chi connectivity index (χ4n) is 5.96. The number of likely N-dealkylation sites (tertiary alicyclic amines) is 1. The monoisotopic (exact) mass is 456 g/mol. The summed E-state index contributed by atoms with van der Waals surface area (Å²) < 4.78 is 7.95. The highest BCUT2D eigenvalue weighted by Crippen LogP contribution is 2.39. The first kappa shape index (κ1) is 20.0. The van der Waals surface area contributed by atoms with Gasteiger partial charge in [0.1, 0.15) is 16.9 Å². The van der Waals surface area contributed by atoms with Gasteiger partial charge in [-0.25, -0.2) is 9.97 Å². The first-order chi connectivity index (χ1) is 16.6. The van der Waals surface area contributed by atoms with Crippen LogP contribution in [-0.2, 0) is 6.54 Å². The number of aromatic nitrogens is 4. The van der Waals surface area contributed by atoms with Crippen molar-refractivity contribution in [3.05, 3.63) is 42.1 Å². The highest BCUT2D eigenvalue weighted by Gasteiger charge is 2.47. The lowest BCUT2D eigenvalue weighted by Gasteiger charge is -2.27. The molecular weight excluding hydrogens is 428 g/mol. The average Bonchev–Trinajstić information content (AvgIpc) is 3.16. The number of benzene rings is 1. The Hall–Kier alpha value is -3.39. The predicted molar refractivity (Wildman–Crippen MR) is 130 cm³/mol. The van der Waals surface area contributed by atoms with E-state index in [4.69, 9.17) is 15.5 Å². The summed E-state index contributed by atoms with van der Waals surface area (Å²) >= 11 is 0. The number of H-pyrrole nitrogens is 1. The van der Waals surface area contributed by atoms with E-state index in [1.54, 1.807) is 7.11 Å². The zero-order valence-electron chi connectivity index (χ0n) is 19.2. The van der Waals surface area contributed by atoms with E-state index in [1.807, 2.05) is 29.3 Å². The van der Waals surface area contributed by atoms with Crippen molar-refractivity contribution in [2.45, 2.75) is 44.3 Å². The maximum Gasteiger partial charge on any atom is 0.254 e. The number of nitrogens with one attached hydrogen (secondary N) is 1. The van der Waals surface area contributed by atoms with Gasteiger partial charge in [-0.15, -0.1) is 0 Å². The van der Waals surface area contributed by atoms with Gasteiger partial charge in [-0.1, -0.05) is 0 Å². The van der Waals surface area contributed by atoms with Crippen molar-refractivity contribution in [2.24, 2.45) is 17.6 Å². The second-order valence-electron chi connectivity index (χ2n) is 10.1. The van der Waals surface area contributed by atoms with E-state index in [-0.39, 0.29) is 18.0 Å². The topological polar surface area (TPSA) is 102 Å². The fourth-order valence-corrected chi connectivity index (χ4v) is 5.96. The molecule has 0 radical (unpaired) electrons. The van der Waals surface area contributed by atoms with Gasteiger partial charge in [0, 0.05) is 42.3 Å². The number of rotatable bonds is 5. The van der Waals surface area contributed by atoms with Crippen LogP contribution in [0, 0.1) is 11.8 Å². The highest BCUT2D eigenvalue weighted by molar-refractivity contribution is 6.00. The number of fused-ring (bicyclic) bond motifs is 4. The van der Waals surface area contributed by atoms with Crippen LogP contribution in [-0.4, -0.2) is 56.1 Å². The minimum absolute atomic E-state index is 0.0195. The number of piperidine rings is 1. The van der Waals surface area contributed by atoms with Crippen molar-refractivity contribution in [1.29, 1.82) is 0 Å². The van der Waals surface area contributed by atoms with E-state index < -0.39 is 0 Å². The largest absolute Gasteiger partial charge is 0.494 e. The van der Waals surface area contributed by atoms with Crippen LogP contribution in [0.1, 0.15) is 36.0 Å². The van der Waals surface area contributed by atoms with Gasteiger partial charge in [0.05, 0.1) is 18.3 Å². The molecule has 2 aliphatic carbocycles. The van der Waals surface area contributed by atoms with Gasteiger partial charge in [0.2, 0.25) is 0 Å². The number of nitrogens with zero attached hydrogens (tertiary/aromatic N) is 4. The lowest BCUT2D eigenvalue weighted by atomic mass is 10.1. The Morgan fingerprint density at radius 3 is 2.85 bits per heavy atom. The fraction of sp³-hybridized carbons (Fsp3) is 0.423. The molecule has 2 saturated carbocycles. The standard InChI is InChI=1S/C26H28N6O2/c1-34-21-11-17(26(33)32-13-16-6-7-19(32)22(16)27)9-18-23(21)30-24(29-18)20-10-15-3-2-8-28-25(15)31(20)12-14-4-5-14/h2-3,8-11,14,16,19,22H,4-7,12-13,27H2,1H3,(H,29,30). The number of imidazole rings is 1. The second kappa shape index (κ2) is 7.30. The third kappa shape index (κ3) is 2.98. The summed E-state index contributed by atoms with van der Waals surface area (Å²) in [7, 11) is 1.62. The summed E-state index contributed by atoms with van der Waals surface area (Å²) in [5.74, 6) is 2.49. The first-order valence-electron chi connectivity index (χ1n) is 12.2. The third-order valence-corrected chi connectivity index (χ3v) is 7.97. The van der Waals surface area contributed by atoms with Crippen LogP contribution in [0.3, 0.4) is 0 Å². The molecule has 3 aliphatic rings. The lowest BCUT2D eigenvalue weighted by Crippen LogP contribution is -2.41. The molecule has 3 aromatic heterocycles. The molecule has 174 valence electrons. The number of methoxy groups -OCH3 is 1. The van der Waals surface area contributed by atoms with E-state index in [0.717, 1.165) is 59.5 Å². The molecule has 2 bridgehead atoms. The van der Waals surface area contributed by atoms with Gasteiger partial charge in [0.15, 0.2) is 5.82 Å². The summed E-state index contributed by atoms with van der Waals surface area (Å²) in [5, 5.41) is 1.10. The van der Waals surface area contributed by atoms with Crippen molar-refractivity contribution in [1.82, 2.24) is 24.4 Å². The molecule has 4 aromatic rings. The first-order valence-corrected chi connectivity index (χ1v) is 12.2. The van der Waals surface area contributed by atoms with Crippen molar-refractivity contribution in [2.75, 3.05) is 13.7 Å². The summed E-state index contributed by atoms with van der Waals surface area (Å²) in [4.78, 5) is 28.4. The Morgan fingerprint density at radius 2 is 2.12 bits per heavy atom. The molecule has 3 unspecified atom stereocenters. The average molecular weight is 457 g/mol. The summed E-state index contributed by atoms with van der Waals surface area (Å²) in [5.41, 5.74) is 10.5. The molecule has 7 rings (SSSR count). The smallest absolute Gasteiger partial charge is 0.254 e. The van der Waals surface area contributed by atoms with Gasteiger partial charge in [-0.05, 0) is 67.9 Å². The van der Waals surface area contributed by atoms with Gasteiger partial charge in [-0.2, -0.15) is 0 Å². The molecule has 8 heteroatoms. The number of aromatic amines is 1. The zero-order valence-corrected chi connectivity index (χ0v) is 19.2. The Balaban J connectivity index is 1.31. The molecule has 0 spiro atoms. The molecule has 1 aliphatic heterocycles. The lowest BCUT2D eigenvalue weighted by molar-refractivity contribution is 0.0700. The summed E-state index contributed by atoms with van der Waals surface area (Å²) in [6.45, 7) is 1.68. The molecule has 34 heavy (non-hydrogen) atoms. The molecule has 1 saturated heterocycles. The van der Waals surface area contributed by atoms with E-state index in [0.29, 0.717) is 23.1 Å². The van der Waals surface area contributed by atoms with Crippen LogP contribution < -0.4 is 10.5 Å². The zero-order chi connectivity index (χ0) is 23.0. The van der Waals surface area contributed by atoms with Gasteiger partial charge in [0.25, 0.3) is 5.91 Å². The minimum atomic E-state index is 0.0195. The van der Waals surface area contributed by atoms with Gasteiger partial charge < -0.3 is 24.9 Å². The van der Waals surface area contributed by atoms with Crippen LogP contribution in [0.2, 0.25) is 0 Å². The van der Waals surface area contributed by atoms with Gasteiger partial charge in [-0.3, -0.25) is 4.79 Å². The number of hydrogen-bond acceptors (Lipinski definition) is 5. The molecule has 3 fully saturated rings. The minimum Gasteiger partial charge on any atom is -0.494 e. The van der Waals surface area contributed by atoms with Crippen molar-refractivity contribution < 1.29 is 9.53 Å². The third-order valence-electron chi connectivity index (χ3n) is 7.97. The normalized spacial score (nSPS) is 23.9. The van der Waals surface area contributed by atoms with Gasteiger partial charge >= 0.3 is 0 Å². The van der Waals surface area contributed by atoms with Crippen LogP contribution in [0.5, 0.6) is 5.75 Å². The summed E-state index contributed by atoms with van der Waals surface area (Å²) in [6, 6.07) is 10.1. The Morgan fingerprint density at radius 1 is 1.24 bits per heavy atom. The van der Waals surface area contributed by atoms with Crippen LogP contribution in [0.4, 0.5) is 0 Å². The highest BCUT2D eigenvalue weighted by atomic mass is 16.5. The molecule has 3 atom stereocenters. The number of pyridine rings is 1. The number of ether oxygens (including phenoxy) is 1. The Kier molecular flexibility index (Phi) is 4.30. The molecule has 1 amide bonds. The quantitative estimate of drug-likeness (QED) is 0.478. The van der Waals surface area contributed by atoms with Crippen molar-refractivity contribution in [3.8, 4) is 17.3 Å². The van der Waals surface area contributed by atoms with Crippen LogP contribution >= 0.6 is 0 Å². The maximum absolute atomic E-state index is 13.4. The number of amides is 1. The van der Waals surface area contributed by atoms with E-state index >= 15 is 0 Å². The number of hydrogen-bond donors (Lipinski definition) is 2. The van der Waals surface area contributed by atoms with Crippen molar-refractivity contribution >= 4 is 28.0 Å². The molecule has 4 heterocycles. The van der Waals surface area contributed by atoms with Crippen LogP contribution in [0.15, 0.2) is 36.5 Å². The Bertz CT molecular complexity index is 1430. The number of carbonyl (C=O) groups is 1. The SMILES string of the molecule is COc1cc(C(=O)N2CC3CCC2C3N)cc2[nH]c(-c3cc4cccnc4n3CC3CC3)nc12. The van der Waals surface area contributed by atoms with E-state index in [9.17, 15) is 4.79 Å². The number of nitrogens with two attached hydrogens (primary N) is 1. The molecule has 8 nitrogen and oxygen atoms in total. The Labute approximate surface area is 197 Å². The summed E-state index contributed by atoms with van der Waals surface area (Å²) in [6.07, 6.45) is 6.46. The van der Waals surface area contributed by atoms with E-state index in [1.165, 1.54) is 12.8 Å². The second-order valence-corrected chi connectivity index (χ2v) is 10.1. The maximum atomic E-state index is 13.4. The number of carbonyl (C=O) groups excluding carboxylic acids is 1. The predicted octanol–water partition coefficient (Wildman–Crippen LogP) is 3.56. The molecule has 1 aromatic carbocycles.